The molecule has 0 heterocycles. The molecule has 1 aromatic rings. The van der Waals surface area contributed by atoms with E-state index in [-0.39, 0.29) is 18.2 Å². The number of ketones is 1. The number of methoxy groups -OCH3 is 1. The zero-order valence-electron chi connectivity index (χ0n) is 9.96. The highest BCUT2D eigenvalue weighted by molar-refractivity contribution is 6.31. The molecule has 17 heavy (non-hydrogen) atoms. The van der Waals surface area contributed by atoms with Crippen molar-refractivity contribution in [1.82, 2.24) is 0 Å². The molecular formula is C13H15ClO3. The standard InChI is InChI=1S/C13H15ClO3/c1-9-6-7-10(14)8-11(9)12(15)4-3-5-13(16)17-2/h6-8H,3-5H2,1-2H3. The molecule has 0 saturated heterocycles. The highest BCUT2D eigenvalue weighted by Crippen LogP contribution is 2.17. The van der Waals surface area contributed by atoms with Crippen molar-refractivity contribution in [3.05, 3.63) is 34.3 Å². The van der Waals surface area contributed by atoms with Gasteiger partial charge in [-0.1, -0.05) is 17.7 Å². The third-order valence-corrected chi connectivity index (χ3v) is 2.75. The summed E-state index contributed by atoms with van der Waals surface area (Å²) in [7, 11) is 1.34. The number of esters is 1. The SMILES string of the molecule is COC(=O)CCCC(=O)c1cc(Cl)ccc1C. The Balaban J connectivity index is 2.58. The lowest BCUT2D eigenvalue weighted by molar-refractivity contribution is -0.140. The first-order valence-corrected chi connectivity index (χ1v) is 5.78. The third kappa shape index (κ3) is 4.19. The van der Waals surface area contributed by atoms with Crippen LogP contribution in [0.15, 0.2) is 18.2 Å². The molecule has 3 nitrogen and oxygen atoms in total. The van der Waals surface area contributed by atoms with Crippen molar-refractivity contribution in [3.8, 4) is 0 Å². The molecule has 0 radical (unpaired) electrons. The highest BCUT2D eigenvalue weighted by atomic mass is 35.5. The average Bonchev–Trinajstić information content (AvgIpc) is 2.31. The van der Waals surface area contributed by atoms with Crippen LogP contribution in [0.5, 0.6) is 0 Å². The van der Waals surface area contributed by atoms with Gasteiger partial charge in [0.15, 0.2) is 5.78 Å². The Kier molecular flexibility index (Phi) is 5.16. The molecule has 1 aromatic carbocycles. The highest BCUT2D eigenvalue weighted by Gasteiger charge is 2.10. The molecule has 4 heteroatoms. The number of hydrogen-bond donors (Lipinski definition) is 0. The fraction of sp³-hybridized carbons (Fsp3) is 0.385. The maximum atomic E-state index is 11.9. The number of Topliss-reactive ketones (excluding diaryl/α,β-unsaturated/α-hetero) is 1. The van der Waals surface area contributed by atoms with Crippen molar-refractivity contribution < 1.29 is 14.3 Å². The van der Waals surface area contributed by atoms with Crippen LogP contribution in [0, 0.1) is 6.92 Å². The summed E-state index contributed by atoms with van der Waals surface area (Å²) in [5.74, 6) is -0.283. The lowest BCUT2D eigenvalue weighted by Crippen LogP contribution is -2.05. The summed E-state index contributed by atoms with van der Waals surface area (Å²) in [5.41, 5.74) is 1.53. The van der Waals surface area contributed by atoms with Crippen LogP contribution < -0.4 is 0 Å². The van der Waals surface area contributed by atoms with E-state index in [4.69, 9.17) is 11.6 Å². The number of ether oxygens (including phenoxy) is 1. The summed E-state index contributed by atoms with van der Waals surface area (Å²) in [4.78, 5) is 22.8. The Morgan fingerprint density at radius 2 is 2.00 bits per heavy atom. The summed E-state index contributed by atoms with van der Waals surface area (Å²) < 4.78 is 4.51. The summed E-state index contributed by atoms with van der Waals surface area (Å²) in [6.07, 6.45) is 1.09. The van der Waals surface area contributed by atoms with Gasteiger partial charge in [0.25, 0.3) is 0 Å². The minimum atomic E-state index is -0.291. The van der Waals surface area contributed by atoms with Crippen molar-refractivity contribution >= 4 is 23.4 Å². The summed E-state index contributed by atoms with van der Waals surface area (Å²) in [6.45, 7) is 1.86. The first kappa shape index (κ1) is 13.7. The van der Waals surface area contributed by atoms with E-state index in [0.717, 1.165) is 5.56 Å². The Labute approximate surface area is 106 Å². The average molecular weight is 255 g/mol. The van der Waals surface area contributed by atoms with E-state index >= 15 is 0 Å². The fourth-order valence-electron chi connectivity index (χ4n) is 1.52. The van der Waals surface area contributed by atoms with Crippen LogP contribution in [-0.2, 0) is 9.53 Å². The van der Waals surface area contributed by atoms with Crippen LogP contribution in [0.1, 0.15) is 35.2 Å². The van der Waals surface area contributed by atoms with Crippen LogP contribution in [0.2, 0.25) is 5.02 Å². The quantitative estimate of drug-likeness (QED) is 0.599. The second-order valence-corrected chi connectivity index (χ2v) is 4.25. The molecule has 0 aromatic heterocycles. The molecule has 0 aliphatic rings. The van der Waals surface area contributed by atoms with E-state index in [1.165, 1.54) is 7.11 Å². The van der Waals surface area contributed by atoms with E-state index in [1.54, 1.807) is 12.1 Å². The number of aryl methyl sites for hydroxylation is 1. The molecule has 0 spiro atoms. The predicted octanol–water partition coefficient (Wildman–Crippen LogP) is 3.17. The molecular weight excluding hydrogens is 240 g/mol. The maximum absolute atomic E-state index is 11.9. The zero-order chi connectivity index (χ0) is 12.8. The van der Waals surface area contributed by atoms with Crippen molar-refractivity contribution in [2.24, 2.45) is 0 Å². The van der Waals surface area contributed by atoms with E-state index in [1.807, 2.05) is 13.0 Å². The van der Waals surface area contributed by atoms with Crippen molar-refractivity contribution in [2.45, 2.75) is 26.2 Å². The van der Waals surface area contributed by atoms with Gasteiger partial charge in [-0.05, 0) is 31.0 Å². The number of rotatable bonds is 5. The van der Waals surface area contributed by atoms with Gasteiger partial charge in [0, 0.05) is 23.4 Å². The largest absolute Gasteiger partial charge is 0.469 e. The van der Waals surface area contributed by atoms with Crippen molar-refractivity contribution in [2.75, 3.05) is 7.11 Å². The molecule has 0 N–H and O–H groups in total. The molecule has 0 atom stereocenters. The normalized spacial score (nSPS) is 10.1. The topological polar surface area (TPSA) is 43.4 Å². The molecule has 0 unspecified atom stereocenters. The molecule has 0 bridgehead atoms. The van der Waals surface area contributed by atoms with E-state index in [0.29, 0.717) is 23.4 Å². The van der Waals surface area contributed by atoms with Gasteiger partial charge in [0.2, 0.25) is 0 Å². The lowest BCUT2D eigenvalue weighted by atomic mass is 10.0. The molecule has 0 aliphatic carbocycles. The number of carbonyl (C=O) groups is 2. The van der Waals surface area contributed by atoms with Crippen LogP contribution >= 0.6 is 11.6 Å². The van der Waals surface area contributed by atoms with Gasteiger partial charge in [-0.2, -0.15) is 0 Å². The minimum absolute atomic E-state index is 0.00824. The number of benzene rings is 1. The van der Waals surface area contributed by atoms with Crippen LogP contribution in [0.4, 0.5) is 0 Å². The molecule has 0 fully saturated rings. The van der Waals surface area contributed by atoms with Crippen LogP contribution in [0.3, 0.4) is 0 Å². The van der Waals surface area contributed by atoms with Crippen LogP contribution in [0.25, 0.3) is 0 Å². The molecule has 0 saturated carbocycles. The van der Waals surface area contributed by atoms with Gasteiger partial charge in [-0.3, -0.25) is 9.59 Å². The molecule has 0 aliphatic heterocycles. The first-order valence-electron chi connectivity index (χ1n) is 5.40. The first-order chi connectivity index (χ1) is 8.04. The second-order valence-electron chi connectivity index (χ2n) is 3.81. The molecule has 92 valence electrons. The Bertz CT molecular complexity index is 427. The minimum Gasteiger partial charge on any atom is -0.469 e. The number of hydrogen-bond acceptors (Lipinski definition) is 3. The third-order valence-electron chi connectivity index (χ3n) is 2.51. The second kappa shape index (κ2) is 6.40. The predicted molar refractivity (Wildman–Crippen MR) is 66.4 cm³/mol. The van der Waals surface area contributed by atoms with Gasteiger partial charge in [0.05, 0.1) is 7.11 Å². The molecule has 1 rings (SSSR count). The van der Waals surface area contributed by atoms with Gasteiger partial charge >= 0.3 is 5.97 Å². The van der Waals surface area contributed by atoms with Gasteiger partial charge in [0.1, 0.15) is 0 Å². The van der Waals surface area contributed by atoms with E-state index < -0.39 is 0 Å². The lowest BCUT2D eigenvalue weighted by Gasteiger charge is -2.05. The van der Waals surface area contributed by atoms with Gasteiger partial charge in [-0.25, -0.2) is 0 Å². The van der Waals surface area contributed by atoms with Crippen molar-refractivity contribution in [1.29, 1.82) is 0 Å². The zero-order valence-corrected chi connectivity index (χ0v) is 10.7. The summed E-state index contributed by atoms with van der Waals surface area (Å²) >= 11 is 5.84. The van der Waals surface area contributed by atoms with Crippen molar-refractivity contribution in [3.63, 3.8) is 0 Å². The summed E-state index contributed by atoms with van der Waals surface area (Å²) in [5, 5.41) is 0.548. The Hall–Kier alpha value is -1.35. The number of halogens is 1. The molecule has 0 amide bonds. The van der Waals surface area contributed by atoms with E-state index in [2.05, 4.69) is 4.74 Å². The van der Waals surface area contributed by atoms with E-state index in [9.17, 15) is 9.59 Å². The monoisotopic (exact) mass is 254 g/mol. The van der Waals surface area contributed by atoms with Gasteiger partial charge < -0.3 is 4.74 Å². The summed E-state index contributed by atoms with van der Waals surface area (Å²) in [6, 6.07) is 5.23. The fourth-order valence-corrected chi connectivity index (χ4v) is 1.70. The van der Waals surface area contributed by atoms with Gasteiger partial charge in [-0.15, -0.1) is 0 Å². The van der Waals surface area contributed by atoms with Crippen LogP contribution in [-0.4, -0.2) is 18.9 Å². The number of carbonyl (C=O) groups excluding carboxylic acids is 2. The smallest absolute Gasteiger partial charge is 0.305 e. The maximum Gasteiger partial charge on any atom is 0.305 e. The Morgan fingerprint density at radius 3 is 2.65 bits per heavy atom. The Morgan fingerprint density at radius 1 is 1.29 bits per heavy atom.